The summed E-state index contributed by atoms with van der Waals surface area (Å²) in [6.45, 7) is 0.566. The van der Waals surface area contributed by atoms with Gasteiger partial charge >= 0.3 is 0 Å². The number of benzene rings is 1. The van der Waals surface area contributed by atoms with Gasteiger partial charge in [0.2, 0.25) is 11.8 Å². The van der Waals surface area contributed by atoms with Crippen molar-refractivity contribution in [1.29, 1.82) is 0 Å². The van der Waals surface area contributed by atoms with Crippen LogP contribution in [0.4, 0.5) is 5.69 Å². The standard InChI is InChI=1S/C17H18N2O2S/c20-16(18-11-14-5-3-9-22-14)8-7-13-10-12-4-1-2-6-15(12)19-17(13)21/h1-6,9,13H,7-8,10-11H2,(H,18,20)(H,19,21). The van der Waals surface area contributed by atoms with E-state index in [-0.39, 0.29) is 17.7 Å². The zero-order valence-corrected chi connectivity index (χ0v) is 13.0. The van der Waals surface area contributed by atoms with Crippen LogP contribution < -0.4 is 10.6 Å². The number of thiophene rings is 1. The van der Waals surface area contributed by atoms with Gasteiger partial charge in [-0.2, -0.15) is 0 Å². The van der Waals surface area contributed by atoms with Crippen molar-refractivity contribution in [1.82, 2.24) is 5.32 Å². The minimum atomic E-state index is -0.123. The van der Waals surface area contributed by atoms with Crippen LogP contribution >= 0.6 is 11.3 Å². The van der Waals surface area contributed by atoms with Crippen molar-refractivity contribution in [3.8, 4) is 0 Å². The predicted octanol–water partition coefficient (Wildman–Crippen LogP) is 2.96. The highest BCUT2D eigenvalue weighted by Gasteiger charge is 2.26. The third-order valence-corrected chi connectivity index (χ3v) is 4.75. The number of para-hydroxylation sites is 1. The van der Waals surface area contributed by atoms with E-state index in [0.717, 1.165) is 16.1 Å². The molecule has 2 N–H and O–H groups in total. The summed E-state index contributed by atoms with van der Waals surface area (Å²) in [6.07, 6.45) is 1.67. The van der Waals surface area contributed by atoms with E-state index in [1.165, 1.54) is 0 Å². The van der Waals surface area contributed by atoms with Gasteiger partial charge in [-0.1, -0.05) is 24.3 Å². The molecule has 0 saturated heterocycles. The van der Waals surface area contributed by atoms with Crippen LogP contribution in [0.15, 0.2) is 41.8 Å². The molecule has 2 amide bonds. The van der Waals surface area contributed by atoms with Gasteiger partial charge in [0.1, 0.15) is 0 Å². The number of anilines is 1. The number of hydrogen-bond donors (Lipinski definition) is 2. The van der Waals surface area contributed by atoms with Gasteiger partial charge in [-0.3, -0.25) is 9.59 Å². The third kappa shape index (κ3) is 3.54. The van der Waals surface area contributed by atoms with Crippen molar-refractivity contribution in [2.24, 2.45) is 5.92 Å². The van der Waals surface area contributed by atoms with Crippen molar-refractivity contribution in [2.75, 3.05) is 5.32 Å². The molecule has 114 valence electrons. The Balaban J connectivity index is 1.49. The molecule has 0 aliphatic carbocycles. The van der Waals surface area contributed by atoms with E-state index in [4.69, 9.17) is 0 Å². The number of carbonyl (C=O) groups excluding carboxylic acids is 2. The molecule has 4 nitrogen and oxygen atoms in total. The minimum absolute atomic E-state index is 0.0000543. The Morgan fingerprint density at radius 2 is 2.14 bits per heavy atom. The molecule has 2 heterocycles. The summed E-state index contributed by atoms with van der Waals surface area (Å²) in [5.41, 5.74) is 2.04. The zero-order valence-electron chi connectivity index (χ0n) is 12.2. The summed E-state index contributed by atoms with van der Waals surface area (Å²) in [6, 6.07) is 11.8. The number of rotatable bonds is 5. The van der Waals surface area contributed by atoms with Crippen LogP contribution in [0.2, 0.25) is 0 Å². The maximum absolute atomic E-state index is 12.1. The van der Waals surface area contributed by atoms with Crippen molar-refractivity contribution in [3.05, 3.63) is 52.2 Å². The second-order valence-corrected chi connectivity index (χ2v) is 6.47. The van der Waals surface area contributed by atoms with Gasteiger partial charge in [0, 0.05) is 22.9 Å². The molecule has 0 bridgehead atoms. The fourth-order valence-corrected chi connectivity index (χ4v) is 3.28. The highest BCUT2D eigenvalue weighted by Crippen LogP contribution is 2.27. The van der Waals surface area contributed by atoms with Crippen LogP contribution in [0.3, 0.4) is 0 Å². The van der Waals surface area contributed by atoms with Crippen LogP contribution in [0, 0.1) is 5.92 Å². The summed E-state index contributed by atoms with van der Waals surface area (Å²) in [7, 11) is 0. The fraction of sp³-hybridized carbons (Fsp3) is 0.294. The van der Waals surface area contributed by atoms with Crippen molar-refractivity contribution in [2.45, 2.75) is 25.8 Å². The molecular formula is C17H18N2O2S. The molecule has 3 rings (SSSR count). The first-order chi connectivity index (χ1) is 10.7. The van der Waals surface area contributed by atoms with E-state index < -0.39 is 0 Å². The highest BCUT2D eigenvalue weighted by atomic mass is 32.1. The number of carbonyl (C=O) groups is 2. The molecule has 1 aliphatic rings. The number of hydrogen-bond acceptors (Lipinski definition) is 3. The lowest BCUT2D eigenvalue weighted by atomic mass is 9.89. The summed E-state index contributed by atoms with van der Waals surface area (Å²) in [4.78, 5) is 25.1. The van der Waals surface area contributed by atoms with Gasteiger partial charge in [0.05, 0.1) is 6.54 Å². The maximum atomic E-state index is 12.1. The summed E-state index contributed by atoms with van der Waals surface area (Å²) in [5.74, 6) is -0.104. The van der Waals surface area contributed by atoms with Gasteiger partial charge in [0.25, 0.3) is 0 Å². The van der Waals surface area contributed by atoms with Crippen molar-refractivity contribution < 1.29 is 9.59 Å². The Bertz CT molecular complexity index is 667. The van der Waals surface area contributed by atoms with E-state index in [2.05, 4.69) is 10.6 Å². The molecule has 1 aliphatic heterocycles. The second-order valence-electron chi connectivity index (χ2n) is 5.44. The summed E-state index contributed by atoms with van der Waals surface area (Å²) in [5, 5.41) is 7.81. The van der Waals surface area contributed by atoms with Gasteiger partial charge in [-0.15, -0.1) is 11.3 Å². The van der Waals surface area contributed by atoms with Crippen molar-refractivity contribution in [3.63, 3.8) is 0 Å². The zero-order chi connectivity index (χ0) is 15.4. The Morgan fingerprint density at radius 3 is 2.95 bits per heavy atom. The first kappa shape index (κ1) is 14.8. The highest BCUT2D eigenvalue weighted by molar-refractivity contribution is 7.09. The largest absolute Gasteiger partial charge is 0.351 e. The molecule has 1 aromatic heterocycles. The molecule has 1 unspecified atom stereocenters. The minimum Gasteiger partial charge on any atom is -0.351 e. The Kier molecular flexibility index (Phi) is 4.53. The summed E-state index contributed by atoms with van der Waals surface area (Å²) >= 11 is 1.62. The lowest BCUT2D eigenvalue weighted by Crippen LogP contribution is -2.31. The van der Waals surface area contributed by atoms with E-state index >= 15 is 0 Å². The van der Waals surface area contributed by atoms with E-state index in [1.54, 1.807) is 11.3 Å². The van der Waals surface area contributed by atoms with Crippen LogP contribution in [-0.4, -0.2) is 11.8 Å². The average molecular weight is 314 g/mol. The first-order valence-corrected chi connectivity index (χ1v) is 8.28. The molecule has 1 atom stereocenters. The van der Waals surface area contributed by atoms with Gasteiger partial charge < -0.3 is 10.6 Å². The Hall–Kier alpha value is -2.14. The monoisotopic (exact) mass is 314 g/mol. The SMILES string of the molecule is O=C(CCC1Cc2ccccc2NC1=O)NCc1cccs1. The molecule has 0 fully saturated rings. The van der Waals surface area contributed by atoms with Crippen molar-refractivity contribution >= 4 is 28.8 Å². The average Bonchev–Trinajstić information content (AvgIpc) is 3.04. The van der Waals surface area contributed by atoms with Crippen LogP contribution in [0.25, 0.3) is 0 Å². The third-order valence-electron chi connectivity index (χ3n) is 3.87. The predicted molar refractivity (Wildman–Crippen MR) is 87.7 cm³/mol. The lowest BCUT2D eigenvalue weighted by Gasteiger charge is -2.24. The molecule has 1 aromatic carbocycles. The van der Waals surface area contributed by atoms with E-state index in [9.17, 15) is 9.59 Å². The molecule has 0 spiro atoms. The topological polar surface area (TPSA) is 58.2 Å². The molecular weight excluding hydrogens is 296 g/mol. The quantitative estimate of drug-likeness (QED) is 0.891. The fourth-order valence-electron chi connectivity index (χ4n) is 2.64. The second kappa shape index (κ2) is 6.75. The Morgan fingerprint density at radius 1 is 1.27 bits per heavy atom. The molecule has 2 aromatic rings. The van der Waals surface area contributed by atoms with E-state index in [0.29, 0.717) is 25.8 Å². The normalized spacial score (nSPS) is 16.7. The van der Waals surface area contributed by atoms with Gasteiger partial charge in [-0.05, 0) is 35.9 Å². The molecule has 0 radical (unpaired) electrons. The molecule has 0 saturated carbocycles. The first-order valence-electron chi connectivity index (χ1n) is 7.40. The molecule has 5 heteroatoms. The van der Waals surface area contributed by atoms with Gasteiger partial charge in [0.15, 0.2) is 0 Å². The maximum Gasteiger partial charge on any atom is 0.227 e. The van der Waals surface area contributed by atoms with Crippen LogP contribution in [0.5, 0.6) is 0 Å². The Labute approximate surface area is 133 Å². The number of amides is 2. The summed E-state index contributed by atoms with van der Waals surface area (Å²) < 4.78 is 0. The number of fused-ring (bicyclic) bond motifs is 1. The lowest BCUT2D eigenvalue weighted by molar-refractivity contribution is -0.122. The number of nitrogens with one attached hydrogen (secondary N) is 2. The smallest absolute Gasteiger partial charge is 0.227 e. The van der Waals surface area contributed by atoms with E-state index in [1.807, 2.05) is 41.8 Å². The molecule has 22 heavy (non-hydrogen) atoms. The van der Waals surface area contributed by atoms with Gasteiger partial charge in [-0.25, -0.2) is 0 Å². The van der Waals surface area contributed by atoms with Crippen LogP contribution in [0.1, 0.15) is 23.3 Å². The van der Waals surface area contributed by atoms with Crippen LogP contribution in [-0.2, 0) is 22.6 Å².